The number of amides is 3. The van der Waals surface area contributed by atoms with Crippen molar-refractivity contribution >= 4 is 45.3 Å². The number of rotatable bonds is 18. The van der Waals surface area contributed by atoms with Crippen LogP contribution in [0.15, 0.2) is 60.9 Å². The molecule has 0 spiro atoms. The molecule has 316 valence electrons. The Balaban J connectivity index is 0.000000221. The van der Waals surface area contributed by atoms with Crippen molar-refractivity contribution in [3.63, 3.8) is 0 Å². The number of piperidine rings is 2. The van der Waals surface area contributed by atoms with Crippen LogP contribution in [0.5, 0.6) is 11.5 Å². The summed E-state index contributed by atoms with van der Waals surface area (Å²) in [6, 6.07) is 14.7. The van der Waals surface area contributed by atoms with Gasteiger partial charge in [-0.05, 0) is 100 Å². The number of hydrogen-bond donors (Lipinski definition) is 2. The van der Waals surface area contributed by atoms with Crippen LogP contribution < -0.4 is 25.4 Å². The highest BCUT2D eigenvalue weighted by atomic mass is 16.6. The summed E-state index contributed by atoms with van der Waals surface area (Å²) >= 11 is 0. The number of ether oxygens (including phenoxy) is 3. The van der Waals surface area contributed by atoms with E-state index in [1.165, 1.54) is 64.2 Å². The highest BCUT2D eigenvalue weighted by Gasteiger charge is 2.29. The van der Waals surface area contributed by atoms with Gasteiger partial charge in [0, 0.05) is 55.4 Å². The number of aromatic nitrogens is 2. The van der Waals surface area contributed by atoms with Crippen LogP contribution >= 0.6 is 0 Å². The Morgan fingerprint density at radius 2 is 1.22 bits per heavy atom. The van der Waals surface area contributed by atoms with E-state index in [4.69, 9.17) is 19.9 Å². The van der Waals surface area contributed by atoms with Gasteiger partial charge in [0.05, 0.1) is 36.6 Å². The zero-order chi connectivity index (χ0) is 41.1. The van der Waals surface area contributed by atoms with Crippen LogP contribution in [0.4, 0.5) is 21.0 Å². The SMILES string of the molecule is CCCCCCCN1CCC(N(C(N)=O)c2ccnc3ccc(OC)cc23)CC1.CCCCCCCN1CCC(OC(=O)Nc2ccnc3ccc(OC)cc23)CC1. The molecule has 2 aliphatic heterocycles. The molecule has 0 saturated carbocycles. The maximum atomic E-state index is 12.4. The van der Waals surface area contributed by atoms with E-state index in [9.17, 15) is 9.59 Å². The highest BCUT2D eigenvalue weighted by Crippen LogP contribution is 2.32. The van der Waals surface area contributed by atoms with E-state index in [2.05, 4.69) is 38.9 Å². The number of unbranched alkanes of at least 4 members (excludes halogenated alkanes) is 8. The smallest absolute Gasteiger partial charge is 0.411 e. The zero-order valence-corrected chi connectivity index (χ0v) is 35.4. The monoisotopic (exact) mass is 798 g/mol. The fourth-order valence-electron chi connectivity index (χ4n) is 8.13. The summed E-state index contributed by atoms with van der Waals surface area (Å²) in [5.74, 6) is 1.47. The maximum Gasteiger partial charge on any atom is 0.411 e. The first-order chi connectivity index (χ1) is 28.3. The van der Waals surface area contributed by atoms with Gasteiger partial charge in [-0.3, -0.25) is 20.2 Å². The summed E-state index contributed by atoms with van der Waals surface area (Å²) < 4.78 is 16.3. The van der Waals surface area contributed by atoms with Crippen LogP contribution in [0.3, 0.4) is 0 Å². The number of carbonyl (C=O) groups is 2. The third-order valence-electron chi connectivity index (χ3n) is 11.5. The summed E-state index contributed by atoms with van der Waals surface area (Å²) in [4.78, 5) is 40.4. The number of benzene rings is 2. The summed E-state index contributed by atoms with van der Waals surface area (Å²) in [7, 11) is 3.26. The summed E-state index contributed by atoms with van der Waals surface area (Å²) in [6.07, 6.45) is 19.7. The molecule has 4 heterocycles. The molecule has 0 radical (unpaired) electrons. The van der Waals surface area contributed by atoms with Gasteiger partial charge in [-0.2, -0.15) is 0 Å². The minimum Gasteiger partial charge on any atom is -0.497 e. The Labute approximate surface area is 345 Å². The predicted molar refractivity (Wildman–Crippen MR) is 235 cm³/mol. The molecule has 6 rings (SSSR count). The Morgan fingerprint density at radius 1 is 0.707 bits per heavy atom. The summed E-state index contributed by atoms with van der Waals surface area (Å²) in [5.41, 5.74) is 8.98. The van der Waals surface area contributed by atoms with Crippen molar-refractivity contribution in [2.45, 2.75) is 116 Å². The molecule has 3 N–H and O–H groups in total. The zero-order valence-electron chi connectivity index (χ0n) is 35.4. The Bertz CT molecular complexity index is 1860. The molecule has 0 bridgehead atoms. The van der Waals surface area contributed by atoms with Gasteiger partial charge in [-0.25, -0.2) is 9.59 Å². The Morgan fingerprint density at radius 3 is 1.78 bits per heavy atom. The van der Waals surface area contributed by atoms with E-state index in [-0.39, 0.29) is 12.1 Å². The average molecular weight is 798 g/mol. The van der Waals surface area contributed by atoms with Gasteiger partial charge >= 0.3 is 12.1 Å². The van der Waals surface area contributed by atoms with Crippen molar-refractivity contribution < 1.29 is 23.8 Å². The topological polar surface area (TPSA) is 135 Å². The Kier molecular flexibility index (Phi) is 18.1. The molecule has 2 aromatic heterocycles. The van der Waals surface area contributed by atoms with Crippen molar-refractivity contribution in [1.82, 2.24) is 19.8 Å². The van der Waals surface area contributed by atoms with E-state index in [0.717, 1.165) is 104 Å². The molecule has 0 unspecified atom stereocenters. The minimum atomic E-state index is -0.404. The first-order valence-corrected chi connectivity index (χ1v) is 21.7. The maximum absolute atomic E-state index is 12.4. The van der Waals surface area contributed by atoms with Gasteiger partial charge in [-0.15, -0.1) is 0 Å². The third-order valence-corrected chi connectivity index (χ3v) is 11.5. The molecule has 0 atom stereocenters. The number of carbonyl (C=O) groups excluding carboxylic acids is 2. The van der Waals surface area contributed by atoms with E-state index < -0.39 is 12.1 Å². The largest absolute Gasteiger partial charge is 0.497 e. The molecule has 3 amide bonds. The normalized spacial score (nSPS) is 15.4. The fourth-order valence-corrected chi connectivity index (χ4v) is 8.13. The number of likely N-dealkylation sites (tertiary alicyclic amines) is 2. The van der Waals surface area contributed by atoms with Gasteiger partial charge in [-0.1, -0.05) is 65.2 Å². The lowest BCUT2D eigenvalue weighted by molar-refractivity contribution is 0.0585. The van der Waals surface area contributed by atoms with Crippen molar-refractivity contribution in [3.8, 4) is 11.5 Å². The van der Waals surface area contributed by atoms with Crippen LogP contribution in [-0.2, 0) is 4.74 Å². The van der Waals surface area contributed by atoms with Crippen LogP contribution in [0, 0.1) is 0 Å². The van der Waals surface area contributed by atoms with E-state index >= 15 is 0 Å². The highest BCUT2D eigenvalue weighted by molar-refractivity contribution is 6.02. The van der Waals surface area contributed by atoms with Crippen molar-refractivity contribution in [3.05, 3.63) is 60.9 Å². The first kappa shape index (κ1) is 44.4. The molecule has 2 saturated heterocycles. The number of nitrogens with two attached hydrogens (primary N) is 1. The predicted octanol–water partition coefficient (Wildman–Crippen LogP) is 9.79. The van der Waals surface area contributed by atoms with Crippen LogP contribution in [0.25, 0.3) is 21.8 Å². The number of pyridine rings is 2. The Hall–Kier alpha value is -4.68. The molecule has 12 heteroatoms. The lowest BCUT2D eigenvalue weighted by atomic mass is 10.0. The fraction of sp³-hybridized carbons (Fsp3) is 0.565. The quantitative estimate of drug-likeness (QED) is 0.0944. The molecule has 4 aromatic rings. The lowest BCUT2D eigenvalue weighted by Gasteiger charge is -2.38. The van der Waals surface area contributed by atoms with Gasteiger partial charge in [0.25, 0.3) is 0 Å². The van der Waals surface area contributed by atoms with Gasteiger partial charge in [0.2, 0.25) is 0 Å². The van der Waals surface area contributed by atoms with Crippen LogP contribution in [-0.4, -0.2) is 97.5 Å². The molecule has 58 heavy (non-hydrogen) atoms. The number of primary amides is 1. The van der Waals surface area contributed by atoms with Crippen molar-refractivity contribution in [2.24, 2.45) is 5.73 Å². The molecule has 0 aliphatic carbocycles. The molecule has 2 fully saturated rings. The third kappa shape index (κ3) is 13.2. The number of urea groups is 1. The van der Waals surface area contributed by atoms with Crippen LogP contribution in [0.2, 0.25) is 0 Å². The van der Waals surface area contributed by atoms with E-state index in [0.29, 0.717) is 5.69 Å². The number of nitrogens with one attached hydrogen (secondary N) is 1. The number of methoxy groups -OCH3 is 2. The van der Waals surface area contributed by atoms with Crippen molar-refractivity contribution in [1.29, 1.82) is 0 Å². The van der Waals surface area contributed by atoms with E-state index in [1.54, 1.807) is 37.6 Å². The summed E-state index contributed by atoms with van der Waals surface area (Å²) in [5, 5.41) is 4.61. The number of fused-ring (bicyclic) bond motifs is 2. The lowest BCUT2D eigenvalue weighted by Crippen LogP contribution is -2.49. The molecule has 12 nitrogen and oxygen atoms in total. The standard InChI is InChI=1S/C23H34N4O2.C23H33N3O3/c1-3-4-5-6-7-14-26-15-11-18(12-16-26)27(23(24)28)22-10-13-25-21-9-8-19(29-2)17-20(21)22;1-3-4-5-6-7-14-26-15-11-18(12-16-26)29-23(27)25-22-10-13-24-21-9-8-19(28-2)17-20(21)22/h8-10,13,17-18H,3-7,11-12,14-16H2,1-2H3,(H2,24,28);8-10,13,17-18H,3-7,11-12,14-16H2,1-2H3,(H,24,25,27). The second kappa shape index (κ2) is 23.7. The van der Waals surface area contributed by atoms with Gasteiger partial charge < -0.3 is 29.7 Å². The summed E-state index contributed by atoms with van der Waals surface area (Å²) in [6.45, 7) is 10.8. The van der Waals surface area contributed by atoms with Gasteiger partial charge in [0.15, 0.2) is 0 Å². The number of nitrogens with zero attached hydrogens (tertiary/aromatic N) is 5. The molecule has 2 aliphatic rings. The minimum absolute atomic E-state index is 0.0195. The second-order valence-electron chi connectivity index (χ2n) is 15.6. The first-order valence-electron chi connectivity index (χ1n) is 21.7. The van der Waals surface area contributed by atoms with Gasteiger partial charge in [0.1, 0.15) is 17.6 Å². The van der Waals surface area contributed by atoms with Crippen molar-refractivity contribution in [2.75, 3.05) is 63.7 Å². The van der Waals surface area contributed by atoms with Crippen LogP contribution in [0.1, 0.15) is 104 Å². The second-order valence-corrected chi connectivity index (χ2v) is 15.6. The molecular formula is C46H67N7O5. The molecular weight excluding hydrogens is 731 g/mol. The molecule has 2 aromatic carbocycles. The van der Waals surface area contributed by atoms with E-state index in [1.807, 2.05) is 42.5 Å². The number of hydrogen-bond acceptors (Lipinski definition) is 9. The number of anilines is 2. The average Bonchev–Trinajstić information content (AvgIpc) is 3.24.